The molecule has 2 aliphatic heterocycles. The van der Waals surface area contributed by atoms with Crippen molar-refractivity contribution in [3.05, 3.63) is 158 Å². The average molecular weight is 1260 g/mol. The molecule has 0 aromatic heterocycles. The first-order valence-electron chi connectivity index (χ1n) is 36.4. The van der Waals surface area contributed by atoms with E-state index in [4.69, 9.17) is 27.8 Å². The van der Waals surface area contributed by atoms with Gasteiger partial charge >= 0.3 is 0 Å². The van der Waals surface area contributed by atoms with Gasteiger partial charge in [0.2, 0.25) is 0 Å². The quantitative estimate of drug-likeness (QED) is 0.0191. The molecule has 0 aliphatic carbocycles. The molecule has 2 heterocycles. The first-order chi connectivity index (χ1) is 43.9. The Hall–Kier alpha value is -4.15. The minimum atomic E-state index is -2.42. The molecule has 0 spiro atoms. The molecular weight excluding hydrogens is 1140 g/mol. The molecule has 0 saturated carbocycles. The number of allylic oxidation sites excluding steroid dienone is 4. The second kappa shape index (κ2) is 46.0. The van der Waals surface area contributed by atoms with Gasteiger partial charge in [0.15, 0.2) is 12.6 Å². The zero-order valence-corrected chi connectivity index (χ0v) is 60.2. The molecule has 0 amide bonds. The zero-order valence-electron chi connectivity index (χ0n) is 58.2. The van der Waals surface area contributed by atoms with Crippen molar-refractivity contribution < 1.29 is 27.8 Å². The highest BCUT2D eigenvalue weighted by Gasteiger charge is 2.51. The van der Waals surface area contributed by atoms with Crippen LogP contribution in [-0.2, 0) is 27.8 Å². The zero-order chi connectivity index (χ0) is 64.1. The van der Waals surface area contributed by atoms with Gasteiger partial charge in [-0.05, 0) is 159 Å². The van der Waals surface area contributed by atoms with Crippen LogP contribution < -0.4 is 20.7 Å². The van der Waals surface area contributed by atoms with Gasteiger partial charge in [0, 0.05) is 39.3 Å². The summed E-state index contributed by atoms with van der Waals surface area (Å²) in [5.41, 5.74) is 0. The van der Waals surface area contributed by atoms with Crippen LogP contribution >= 0.6 is 0 Å². The highest BCUT2D eigenvalue weighted by atomic mass is 28.4. The van der Waals surface area contributed by atoms with Crippen molar-refractivity contribution in [1.29, 1.82) is 0 Å². The van der Waals surface area contributed by atoms with Gasteiger partial charge in [-0.1, -0.05) is 277 Å². The van der Waals surface area contributed by atoms with E-state index in [9.17, 15) is 0 Å². The maximum absolute atomic E-state index is 7.03. The van der Waals surface area contributed by atoms with Crippen LogP contribution in [0, 0.1) is 11.8 Å². The van der Waals surface area contributed by atoms with E-state index in [1.807, 2.05) is 0 Å². The summed E-state index contributed by atoms with van der Waals surface area (Å²) < 4.78 is 38.1. The van der Waals surface area contributed by atoms with Crippen LogP contribution in [-0.4, -0.2) is 67.9 Å². The molecule has 2 fully saturated rings. The van der Waals surface area contributed by atoms with Crippen LogP contribution in [0.25, 0.3) is 0 Å². The maximum Gasteiger partial charge on any atom is 0.261 e. The fourth-order valence-electron chi connectivity index (χ4n) is 12.9. The molecule has 0 bridgehead atoms. The lowest BCUT2D eigenvalue weighted by molar-refractivity contribution is -0.179. The van der Waals surface area contributed by atoms with Crippen molar-refractivity contribution in [2.45, 2.75) is 296 Å². The highest BCUT2D eigenvalue weighted by molar-refractivity contribution is 7.00. The number of benzene rings is 4. The maximum atomic E-state index is 7.03. The molecule has 2 saturated heterocycles. The van der Waals surface area contributed by atoms with Crippen LogP contribution in [0.3, 0.4) is 0 Å². The van der Waals surface area contributed by atoms with Crippen molar-refractivity contribution in [1.82, 2.24) is 0 Å². The Morgan fingerprint density at radius 1 is 0.411 bits per heavy atom. The van der Waals surface area contributed by atoms with Gasteiger partial charge in [-0.15, -0.1) is 11.8 Å². The summed E-state index contributed by atoms with van der Waals surface area (Å²) in [6.45, 7) is 21.9. The summed E-state index contributed by atoms with van der Waals surface area (Å²) in [6.07, 6.45) is 52.5. The van der Waals surface area contributed by atoms with Crippen LogP contribution in [0.5, 0.6) is 0 Å². The average Bonchev–Trinajstić information content (AvgIpc) is 0.782. The Kier molecular flexibility index (Phi) is 39.2. The number of unbranched alkanes of at least 4 members (excludes halogenated alkanes) is 18. The predicted octanol–water partition coefficient (Wildman–Crippen LogP) is 20.8. The summed E-state index contributed by atoms with van der Waals surface area (Å²) in [5.74, 6) is 6.85. The van der Waals surface area contributed by atoms with E-state index in [1.165, 1.54) is 149 Å². The molecule has 8 heteroatoms. The predicted molar refractivity (Wildman–Crippen MR) is 391 cm³/mol. The minimum absolute atomic E-state index is 0.00227. The number of ether oxygens (including phenoxy) is 4. The number of hydrogen-bond donors (Lipinski definition) is 0. The largest absolute Gasteiger partial charge is 0.407 e. The molecule has 2 unspecified atom stereocenters. The molecule has 498 valence electrons. The molecule has 6 nitrogen and oxygen atoms in total. The third-order valence-corrected chi connectivity index (χ3v) is 28.0. The second-order valence-electron chi connectivity index (χ2n) is 27.5. The van der Waals surface area contributed by atoms with E-state index < -0.39 is 16.6 Å². The molecule has 4 atom stereocenters. The molecule has 0 radical (unpaired) electrons. The van der Waals surface area contributed by atoms with E-state index >= 15 is 0 Å². The molecule has 0 N–H and O–H groups in total. The summed E-state index contributed by atoms with van der Waals surface area (Å²) in [4.78, 5) is 0. The van der Waals surface area contributed by atoms with Crippen LogP contribution in [0.2, 0.25) is 10.1 Å². The van der Waals surface area contributed by atoms with Gasteiger partial charge in [0.25, 0.3) is 16.6 Å². The highest BCUT2D eigenvalue weighted by Crippen LogP contribution is 2.38. The normalized spacial score (nSPS) is 16.7. The topological polar surface area (TPSA) is 55.4 Å². The Bertz CT molecular complexity index is 2430. The van der Waals surface area contributed by atoms with Crippen molar-refractivity contribution in [3.63, 3.8) is 0 Å². The lowest BCUT2D eigenvalue weighted by atomic mass is 10.1. The standard InChI is InChI=1S/C41H64O3Si.C41H62O3Si/c2*1-5-6-28-37(44-40-34-25-27-35-42-40)29-20-16-14-12-10-8-7-9-11-13-15-17-26-36-43-45(41(2,3)4,38-30-21-18-22-31-38)39-32-23-19-24-33-39/h11,13,18-24,29-33,37,40H,5-10,12,14-17,25-28,34-36H2,1-4H3;18-24,29-33,37,40H,5-10,12,14-17,25-28,34-36H2,1-4H3/b13-11-,29-20-;29-20-/t2*37-,40?/m11/s1. The Morgan fingerprint density at radius 2 is 0.733 bits per heavy atom. The lowest BCUT2D eigenvalue weighted by Gasteiger charge is -2.43. The SMILES string of the molecule is CCCC[C@H](/C=C\CCCCCCC/C=C\CCCCO[Si](c1ccccc1)(c1ccccc1)C(C)(C)C)OC1CCCCO1.CCCC[C@H](/C=C\CCCCCCCC#CCCCCO[Si](c1ccccc1)(c1ccccc1)C(C)(C)C)OC1CCCCO1. The molecule has 6 rings (SSSR count). The van der Waals surface area contributed by atoms with Crippen molar-refractivity contribution in [3.8, 4) is 11.8 Å². The van der Waals surface area contributed by atoms with Crippen LogP contribution in [0.1, 0.15) is 261 Å². The van der Waals surface area contributed by atoms with E-state index in [0.717, 1.165) is 103 Å². The van der Waals surface area contributed by atoms with Crippen molar-refractivity contribution in [2.75, 3.05) is 26.4 Å². The van der Waals surface area contributed by atoms with Crippen molar-refractivity contribution in [2.24, 2.45) is 0 Å². The molecule has 4 aromatic rings. The molecule has 4 aromatic carbocycles. The lowest BCUT2D eigenvalue weighted by Crippen LogP contribution is -2.66. The smallest absolute Gasteiger partial charge is 0.261 e. The third-order valence-electron chi connectivity index (χ3n) is 18.0. The van der Waals surface area contributed by atoms with Gasteiger partial charge in [0.1, 0.15) is 0 Å². The monoisotopic (exact) mass is 1260 g/mol. The van der Waals surface area contributed by atoms with E-state index in [2.05, 4.69) is 225 Å². The summed E-state index contributed by atoms with van der Waals surface area (Å²) in [7, 11) is -4.83. The van der Waals surface area contributed by atoms with E-state index in [-0.39, 0.29) is 34.9 Å². The fourth-order valence-corrected chi connectivity index (χ4v) is 22.1. The summed E-state index contributed by atoms with van der Waals surface area (Å²) in [6, 6.07) is 43.8. The molecular formula is C82H126O6Si2. The number of rotatable bonds is 42. The fraction of sp³-hybridized carbons (Fsp3) is 0.610. The first-order valence-corrected chi connectivity index (χ1v) is 40.2. The number of hydrogen-bond acceptors (Lipinski definition) is 6. The van der Waals surface area contributed by atoms with E-state index in [1.54, 1.807) is 0 Å². The minimum Gasteiger partial charge on any atom is -0.407 e. The van der Waals surface area contributed by atoms with Gasteiger partial charge in [-0.2, -0.15) is 0 Å². The Balaban J connectivity index is 0.000000327. The van der Waals surface area contributed by atoms with Gasteiger partial charge in [0.05, 0.1) is 12.2 Å². The summed E-state index contributed by atoms with van der Waals surface area (Å²) in [5, 5.41) is 5.51. The third kappa shape index (κ3) is 28.6. The Morgan fingerprint density at radius 3 is 1.08 bits per heavy atom. The second-order valence-corrected chi connectivity index (χ2v) is 36.1. The Labute approximate surface area is 553 Å². The molecule has 2 aliphatic rings. The van der Waals surface area contributed by atoms with E-state index in [0.29, 0.717) is 0 Å². The molecule has 90 heavy (non-hydrogen) atoms. The van der Waals surface area contributed by atoms with Crippen molar-refractivity contribution >= 4 is 37.4 Å². The van der Waals surface area contributed by atoms with Gasteiger partial charge in [-0.3, -0.25) is 0 Å². The van der Waals surface area contributed by atoms with Crippen LogP contribution in [0.4, 0.5) is 0 Å². The van der Waals surface area contributed by atoms with Gasteiger partial charge in [-0.25, -0.2) is 0 Å². The summed E-state index contributed by atoms with van der Waals surface area (Å²) >= 11 is 0. The first kappa shape index (κ1) is 76.6. The van der Waals surface area contributed by atoms with Gasteiger partial charge < -0.3 is 27.8 Å². The van der Waals surface area contributed by atoms with Crippen LogP contribution in [0.15, 0.2) is 158 Å².